The van der Waals surface area contributed by atoms with Crippen LogP contribution in [0, 0.1) is 11.6 Å². The van der Waals surface area contributed by atoms with Gasteiger partial charge in [-0.2, -0.15) is 0 Å². The summed E-state index contributed by atoms with van der Waals surface area (Å²) in [6, 6.07) is 10.1. The zero-order valence-electron chi connectivity index (χ0n) is 8.13. The Morgan fingerprint density at radius 1 is 0.875 bits per heavy atom. The molecule has 0 saturated carbocycles. The number of nitrogens with one attached hydrogen (secondary N) is 1. The van der Waals surface area contributed by atoms with Crippen LogP contribution >= 0.6 is 11.8 Å². The van der Waals surface area contributed by atoms with Gasteiger partial charge in [-0.05, 0) is 18.2 Å². The third kappa shape index (κ3) is 1.46. The van der Waals surface area contributed by atoms with E-state index in [2.05, 4.69) is 5.32 Å². The van der Waals surface area contributed by atoms with Crippen LogP contribution in [0.2, 0.25) is 0 Å². The Morgan fingerprint density at radius 2 is 1.62 bits per heavy atom. The number of rotatable bonds is 0. The second-order valence-electron chi connectivity index (χ2n) is 3.49. The maximum atomic E-state index is 13.1. The van der Waals surface area contributed by atoms with Gasteiger partial charge in [-0.1, -0.05) is 23.9 Å². The number of anilines is 2. The van der Waals surface area contributed by atoms with Gasteiger partial charge in [0.25, 0.3) is 0 Å². The van der Waals surface area contributed by atoms with E-state index in [9.17, 15) is 8.78 Å². The van der Waals surface area contributed by atoms with Crippen molar-refractivity contribution in [1.29, 1.82) is 0 Å². The molecule has 4 heteroatoms. The smallest absolute Gasteiger partial charge is 0.160 e. The van der Waals surface area contributed by atoms with Crippen LogP contribution in [0.1, 0.15) is 0 Å². The maximum Gasteiger partial charge on any atom is 0.160 e. The highest BCUT2D eigenvalue weighted by Gasteiger charge is 2.17. The predicted molar refractivity (Wildman–Crippen MR) is 60.2 cm³/mol. The minimum absolute atomic E-state index is 0.614. The summed E-state index contributed by atoms with van der Waals surface area (Å²) in [6.07, 6.45) is 0. The van der Waals surface area contributed by atoms with Gasteiger partial charge in [-0.3, -0.25) is 0 Å². The molecule has 0 saturated heterocycles. The largest absolute Gasteiger partial charge is 0.354 e. The van der Waals surface area contributed by atoms with Gasteiger partial charge < -0.3 is 5.32 Å². The van der Waals surface area contributed by atoms with Gasteiger partial charge in [-0.25, -0.2) is 8.78 Å². The van der Waals surface area contributed by atoms with Crippen LogP contribution in [0.3, 0.4) is 0 Å². The molecule has 0 spiro atoms. The summed E-state index contributed by atoms with van der Waals surface area (Å²) < 4.78 is 26.1. The molecule has 0 bridgehead atoms. The van der Waals surface area contributed by atoms with Crippen LogP contribution in [0.5, 0.6) is 0 Å². The van der Waals surface area contributed by atoms with Crippen molar-refractivity contribution in [2.24, 2.45) is 0 Å². The third-order valence-corrected chi connectivity index (χ3v) is 3.53. The van der Waals surface area contributed by atoms with E-state index in [0.717, 1.165) is 10.6 Å². The minimum Gasteiger partial charge on any atom is -0.354 e. The van der Waals surface area contributed by atoms with Gasteiger partial charge in [0.1, 0.15) is 0 Å². The average molecular weight is 235 g/mol. The number of hydrogen-bond acceptors (Lipinski definition) is 2. The van der Waals surface area contributed by atoms with Crippen molar-refractivity contribution in [3.8, 4) is 0 Å². The molecule has 1 nitrogen and oxygen atoms in total. The molecule has 1 aliphatic heterocycles. The van der Waals surface area contributed by atoms with Gasteiger partial charge in [0.15, 0.2) is 11.6 Å². The summed E-state index contributed by atoms with van der Waals surface area (Å²) in [7, 11) is 0. The fourth-order valence-electron chi connectivity index (χ4n) is 1.63. The molecule has 80 valence electrons. The average Bonchev–Trinajstić information content (AvgIpc) is 2.28. The van der Waals surface area contributed by atoms with Gasteiger partial charge in [0.05, 0.1) is 11.4 Å². The first-order valence-electron chi connectivity index (χ1n) is 4.77. The van der Waals surface area contributed by atoms with Crippen molar-refractivity contribution in [3.63, 3.8) is 0 Å². The lowest BCUT2D eigenvalue weighted by molar-refractivity contribution is 0.506. The maximum absolute atomic E-state index is 13.1. The fourth-order valence-corrected chi connectivity index (χ4v) is 2.63. The molecule has 3 rings (SSSR count). The van der Waals surface area contributed by atoms with Crippen LogP contribution in [0.25, 0.3) is 0 Å². The zero-order chi connectivity index (χ0) is 11.1. The molecule has 0 aliphatic carbocycles. The third-order valence-electron chi connectivity index (χ3n) is 2.40. The van der Waals surface area contributed by atoms with E-state index in [1.54, 1.807) is 0 Å². The van der Waals surface area contributed by atoms with Crippen molar-refractivity contribution in [3.05, 3.63) is 48.0 Å². The quantitative estimate of drug-likeness (QED) is 0.627. The Balaban J connectivity index is 2.12. The molecule has 0 amide bonds. The molecule has 1 heterocycles. The molecule has 0 fully saturated rings. The number of halogens is 2. The van der Waals surface area contributed by atoms with E-state index >= 15 is 0 Å². The second kappa shape index (κ2) is 3.49. The highest BCUT2D eigenvalue weighted by atomic mass is 32.2. The topological polar surface area (TPSA) is 12.0 Å². The number of benzene rings is 2. The molecular weight excluding hydrogens is 228 g/mol. The van der Waals surface area contributed by atoms with E-state index in [1.807, 2.05) is 24.3 Å². The standard InChI is InChI=1S/C12H7F2NS/c13-7-5-10-12(6-8(7)14)16-11-4-2-1-3-9(11)15-10/h1-6,15H. The molecular formula is C12H7F2NS. The summed E-state index contributed by atoms with van der Waals surface area (Å²) in [6.45, 7) is 0. The molecule has 0 radical (unpaired) electrons. The summed E-state index contributed by atoms with van der Waals surface area (Å²) in [4.78, 5) is 1.72. The first kappa shape index (κ1) is 9.66. The Hall–Kier alpha value is -1.55. The SMILES string of the molecule is Fc1cc2c(cc1F)Sc1ccccc1N2. The monoisotopic (exact) mass is 235 g/mol. The molecule has 2 aromatic carbocycles. The van der Waals surface area contributed by atoms with E-state index in [-0.39, 0.29) is 0 Å². The first-order chi connectivity index (χ1) is 7.74. The van der Waals surface area contributed by atoms with Crippen LogP contribution in [-0.2, 0) is 0 Å². The summed E-state index contributed by atoms with van der Waals surface area (Å²) in [5, 5.41) is 3.08. The molecule has 1 N–H and O–H groups in total. The Morgan fingerprint density at radius 3 is 2.50 bits per heavy atom. The van der Waals surface area contributed by atoms with Gasteiger partial charge in [-0.15, -0.1) is 0 Å². The van der Waals surface area contributed by atoms with Crippen LogP contribution in [-0.4, -0.2) is 0 Å². The van der Waals surface area contributed by atoms with E-state index in [1.165, 1.54) is 23.9 Å². The van der Waals surface area contributed by atoms with Crippen LogP contribution < -0.4 is 5.32 Å². The van der Waals surface area contributed by atoms with Crippen LogP contribution in [0.4, 0.5) is 20.2 Å². The first-order valence-corrected chi connectivity index (χ1v) is 5.58. The van der Waals surface area contributed by atoms with Crippen molar-refractivity contribution in [2.75, 3.05) is 5.32 Å². The highest BCUT2D eigenvalue weighted by Crippen LogP contribution is 2.44. The van der Waals surface area contributed by atoms with Crippen molar-refractivity contribution >= 4 is 23.1 Å². The summed E-state index contributed by atoms with van der Waals surface area (Å²) in [5.41, 5.74) is 1.54. The molecule has 0 aromatic heterocycles. The highest BCUT2D eigenvalue weighted by molar-refractivity contribution is 7.99. The van der Waals surface area contributed by atoms with Crippen molar-refractivity contribution < 1.29 is 8.78 Å². The molecule has 0 atom stereocenters. The molecule has 0 unspecified atom stereocenters. The summed E-state index contributed by atoms with van der Waals surface area (Å²) >= 11 is 1.44. The molecule has 2 aromatic rings. The summed E-state index contributed by atoms with van der Waals surface area (Å²) in [5.74, 6) is -1.64. The van der Waals surface area contributed by atoms with Gasteiger partial charge >= 0.3 is 0 Å². The van der Waals surface area contributed by atoms with Crippen LogP contribution in [0.15, 0.2) is 46.2 Å². The molecule has 1 aliphatic rings. The Labute approximate surface area is 95.5 Å². The second-order valence-corrected chi connectivity index (χ2v) is 4.57. The van der Waals surface area contributed by atoms with Gasteiger partial charge in [0.2, 0.25) is 0 Å². The Bertz CT molecular complexity index is 519. The Kier molecular flexibility index (Phi) is 2.11. The zero-order valence-corrected chi connectivity index (χ0v) is 8.94. The van der Waals surface area contributed by atoms with E-state index in [0.29, 0.717) is 10.6 Å². The lowest BCUT2D eigenvalue weighted by Gasteiger charge is -2.20. The predicted octanol–water partition coefficient (Wildman–Crippen LogP) is 4.17. The van der Waals surface area contributed by atoms with E-state index in [4.69, 9.17) is 0 Å². The normalized spacial score (nSPS) is 12.6. The molecule has 16 heavy (non-hydrogen) atoms. The van der Waals surface area contributed by atoms with Crippen molar-refractivity contribution in [2.45, 2.75) is 9.79 Å². The number of hydrogen-bond donors (Lipinski definition) is 1. The van der Waals surface area contributed by atoms with Crippen molar-refractivity contribution in [1.82, 2.24) is 0 Å². The van der Waals surface area contributed by atoms with Gasteiger partial charge in [0, 0.05) is 15.9 Å². The lowest BCUT2D eigenvalue weighted by Crippen LogP contribution is -2.01. The number of para-hydroxylation sites is 1. The lowest BCUT2D eigenvalue weighted by atomic mass is 10.2. The minimum atomic E-state index is -0.828. The van der Waals surface area contributed by atoms with E-state index < -0.39 is 11.6 Å². The number of fused-ring (bicyclic) bond motifs is 2. The fraction of sp³-hybridized carbons (Fsp3) is 0.